The first-order chi connectivity index (χ1) is 10.6. The highest BCUT2D eigenvalue weighted by Gasteiger charge is 2.37. The van der Waals surface area contributed by atoms with Gasteiger partial charge >= 0.3 is 12.1 Å². The average Bonchev–Trinajstić information content (AvgIpc) is 2.40. The van der Waals surface area contributed by atoms with Crippen LogP contribution in [-0.2, 0) is 20.7 Å². The molecule has 1 N–H and O–H groups in total. The number of hydrogen-bond acceptors (Lipinski definition) is 3. The van der Waals surface area contributed by atoms with Gasteiger partial charge in [0.1, 0.15) is 6.04 Å². The SMILES string of the molecule is CCOC(=O)C(CC(F)(F)F)NC(=O)Cc1ccc(Cl)cc1Cl. The maximum absolute atomic E-state index is 12.5. The molecule has 1 unspecified atom stereocenters. The summed E-state index contributed by atoms with van der Waals surface area (Å²) in [6.45, 7) is 1.37. The van der Waals surface area contributed by atoms with E-state index in [0.29, 0.717) is 10.6 Å². The molecule has 0 spiro atoms. The molecule has 1 aromatic carbocycles. The largest absolute Gasteiger partial charge is 0.464 e. The Morgan fingerprint density at radius 2 is 1.96 bits per heavy atom. The van der Waals surface area contributed by atoms with Gasteiger partial charge in [0, 0.05) is 10.0 Å². The molecule has 0 bridgehead atoms. The molecule has 0 aliphatic rings. The van der Waals surface area contributed by atoms with E-state index in [0.717, 1.165) is 0 Å². The molecule has 0 saturated heterocycles. The number of halogens is 5. The maximum atomic E-state index is 12.5. The van der Waals surface area contributed by atoms with Crippen LogP contribution in [0.5, 0.6) is 0 Å². The van der Waals surface area contributed by atoms with E-state index in [1.807, 2.05) is 5.32 Å². The van der Waals surface area contributed by atoms with Gasteiger partial charge in [-0.2, -0.15) is 13.2 Å². The lowest BCUT2D eigenvalue weighted by Crippen LogP contribution is -2.45. The van der Waals surface area contributed by atoms with Crippen molar-refractivity contribution < 1.29 is 27.5 Å². The number of benzene rings is 1. The molecule has 128 valence electrons. The van der Waals surface area contributed by atoms with E-state index in [-0.39, 0.29) is 18.1 Å². The number of amides is 1. The Balaban J connectivity index is 2.77. The van der Waals surface area contributed by atoms with Gasteiger partial charge in [0.15, 0.2) is 0 Å². The van der Waals surface area contributed by atoms with Crippen molar-refractivity contribution in [2.24, 2.45) is 0 Å². The Labute approximate surface area is 140 Å². The summed E-state index contributed by atoms with van der Waals surface area (Å²) in [5, 5.41) is 2.59. The topological polar surface area (TPSA) is 55.4 Å². The molecule has 9 heteroatoms. The average molecular weight is 372 g/mol. The molecule has 1 rings (SSSR count). The van der Waals surface area contributed by atoms with Crippen LogP contribution < -0.4 is 5.32 Å². The first kappa shape index (κ1) is 19.6. The number of hydrogen-bond donors (Lipinski definition) is 1. The van der Waals surface area contributed by atoms with Crippen molar-refractivity contribution in [1.82, 2.24) is 5.32 Å². The first-order valence-electron chi connectivity index (χ1n) is 6.59. The Kier molecular flexibility index (Phi) is 7.15. The highest BCUT2D eigenvalue weighted by atomic mass is 35.5. The van der Waals surface area contributed by atoms with Crippen LogP contribution in [0.2, 0.25) is 10.0 Å². The van der Waals surface area contributed by atoms with Gasteiger partial charge in [0.25, 0.3) is 0 Å². The van der Waals surface area contributed by atoms with Crippen LogP contribution in [-0.4, -0.2) is 30.7 Å². The van der Waals surface area contributed by atoms with Crippen molar-refractivity contribution >= 4 is 35.1 Å². The third kappa shape index (κ3) is 7.09. The van der Waals surface area contributed by atoms with Gasteiger partial charge in [0.2, 0.25) is 5.91 Å². The molecule has 4 nitrogen and oxygen atoms in total. The van der Waals surface area contributed by atoms with Crippen LogP contribution in [0.3, 0.4) is 0 Å². The Bertz CT molecular complexity index is 579. The van der Waals surface area contributed by atoms with Crippen molar-refractivity contribution in [3.05, 3.63) is 33.8 Å². The summed E-state index contributed by atoms with van der Waals surface area (Å²) in [5.74, 6) is -1.92. The third-order valence-electron chi connectivity index (χ3n) is 2.71. The number of carbonyl (C=O) groups is 2. The monoisotopic (exact) mass is 371 g/mol. The van der Waals surface area contributed by atoms with Crippen LogP contribution in [0.4, 0.5) is 13.2 Å². The zero-order valence-corrected chi connectivity index (χ0v) is 13.6. The number of nitrogens with one attached hydrogen (secondary N) is 1. The predicted octanol–water partition coefficient (Wildman–Crippen LogP) is 3.54. The Morgan fingerprint density at radius 1 is 1.30 bits per heavy atom. The molecular weight excluding hydrogens is 358 g/mol. The molecule has 1 atom stereocenters. The molecular formula is C14H14Cl2F3NO3. The molecule has 0 aliphatic heterocycles. The van der Waals surface area contributed by atoms with Crippen LogP contribution in [0.25, 0.3) is 0 Å². The van der Waals surface area contributed by atoms with Crippen LogP contribution in [0.15, 0.2) is 18.2 Å². The van der Waals surface area contributed by atoms with Gasteiger partial charge in [-0.1, -0.05) is 29.3 Å². The Morgan fingerprint density at radius 3 is 2.48 bits per heavy atom. The Hall–Kier alpha value is -1.47. The fourth-order valence-electron chi connectivity index (χ4n) is 1.75. The number of esters is 1. The standard InChI is InChI=1S/C14H14Cl2F3NO3/c1-2-23-13(22)11(7-14(17,18)19)20-12(21)5-8-3-4-9(15)6-10(8)16/h3-4,6,11H,2,5,7H2,1H3,(H,20,21). The molecule has 1 aromatic rings. The summed E-state index contributed by atoms with van der Waals surface area (Å²) in [5.41, 5.74) is 0.378. The predicted molar refractivity (Wildman–Crippen MR) is 79.4 cm³/mol. The molecule has 23 heavy (non-hydrogen) atoms. The van der Waals surface area contributed by atoms with Gasteiger partial charge < -0.3 is 10.1 Å². The number of alkyl halides is 3. The second kappa shape index (κ2) is 8.40. The van der Waals surface area contributed by atoms with Crippen molar-refractivity contribution in [1.29, 1.82) is 0 Å². The first-order valence-corrected chi connectivity index (χ1v) is 7.34. The van der Waals surface area contributed by atoms with E-state index < -0.39 is 30.5 Å². The summed E-state index contributed by atoms with van der Waals surface area (Å²) in [4.78, 5) is 23.4. The summed E-state index contributed by atoms with van der Waals surface area (Å²) in [6.07, 6.45) is -6.42. The third-order valence-corrected chi connectivity index (χ3v) is 3.29. The summed E-state index contributed by atoms with van der Waals surface area (Å²) < 4.78 is 42.0. The summed E-state index contributed by atoms with van der Waals surface area (Å²) in [7, 11) is 0. The lowest BCUT2D eigenvalue weighted by Gasteiger charge is -2.19. The van der Waals surface area contributed by atoms with Crippen molar-refractivity contribution in [3.63, 3.8) is 0 Å². The summed E-state index contributed by atoms with van der Waals surface area (Å²) in [6, 6.07) is 2.58. The maximum Gasteiger partial charge on any atom is 0.391 e. The van der Waals surface area contributed by atoms with E-state index in [2.05, 4.69) is 4.74 Å². The lowest BCUT2D eigenvalue weighted by atomic mass is 10.1. The van der Waals surface area contributed by atoms with E-state index >= 15 is 0 Å². The zero-order valence-electron chi connectivity index (χ0n) is 12.0. The number of rotatable bonds is 6. The van der Waals surface area contributed by atoms with Gasteiger partial charge in [-0.15, -0.1) is 0 Å². The molecule has 0 radical (unpaired) electrons. The highest BCUT2D eigenvalue weighted by Crippen LogP contribution is 2.23. The van der Waals surface area contributed by atoms with Gasteiger partial charge in [-0.05, 0) is 24.6 Å². The van der Waals surface area contributed by atoms with Crippen molar-refractivity contribution in [3.8, 4) is 0 Å². The number of ether oxygens (including phenoxy) is 1. The minimum Gasteiger partial charge on any atom is -0.464 e. The lowest BCUT2D eigenvalue weighted by molar-refractivity contribution is -0.163. The second-order valence-corrected chi connectivity index (χ2v) is 5.45. The van der Waals surface area contributed by atoms with E-state index in [9.17, 15) is 22.8 Å². The van der Waals surface area contributed by atoms with E-state index in [1.165, 1.54) is 25.1 Å². The molecule has 1 amide bonds. The van der Waals surface area contributed by atoms with Crippen molar-refractivity contribution in [2.45, 2.75) is 32.0 Å². The summed E-state index contributed by atoms with van der Waals surface area (Å²) >= 11 is 11.6. The molecule has 0 saturated carbocycles. The van der Waals surface area contributed by atoms with Crippen molar-refractivity contribution in [2.75, 3.05) is 6.61 Å². The number of carbonyl (C=O) groups excluding carboxylic acids is 2. The van der Waals surface area contributed by atoms with Crippen LogP contribution in [0.1, 0.15) is 18.9 Å². The molecule has 0 aliphatic carbocycles. The molecule has 0 fully saturated rings. The molecule has 0 aromatic heterocycles. The normalized spacial score (nSPS) is 12.6. The minimum atomic E-state index is -4.62. The zero-order chi connectivity index (χ0) is 17.6. The van der Waals surface area contributed by atoms with Gasteiger partial charge in [0.05, 0.1) is 19.4 Å². The minimum absolute atomic E-state index is 0.0912. The fraction of sp³-hybridized carbons (Fsp3) is 0.429. The van der Waals surface area contributed by atoms with Crippen LogP contribution in [0, 0.1) is 0 Å². The molecule has 0 heterocycles. The van der Waals surface area contributed by atoms with Gasteiger partial charge in [-0.3, -0.25) is 4.79 Å². The smallest absolute Gasteiger partial charge is 0.391 e. The van der Waals surface area contributed by atoms with E-state index in [4.69, 9.17) is 23.2 Å². The van der Waals surface area contributed by atoms with Gasteiger partial charge in [-0.25, -0.2) is 4.79 Å². The van der Waals surface area contributed by atoms with Crippen LogP contribution >= 0.6 is 23.2 Å². The van der Waals surface area contributed by atoms with E-state index in [1.54, 1.807) is 0 Å². The highest BCUT2D eigenvalue weighted by molar-refractivity contribution is 6.35. The quantitative estimate of drug-likeness (QED) is 0.778. The fourth-order valence-corrected chi connectivity index (χ4v) is 2.23. The second-order valence-electron chi connectivity index (χ2n) is 4.60.